The molecule has 1 aromatic carbocycles. The molecule has 1 unspecified atom stereocenters. The Labute approximate surface area is 165 Å². The van der Waals surface area contributed by atoms with E-state index in [-0.39, 0.29) is 30.8 Å². The molecule has 8 nitrogen and oxygen atoms in total. The van der Waals surface area contributed by atoms with Crippen molar-refractivity contribution in [2.45, 2.75) is 57.8 Å². The molecule has 1 aromatic rings. The van der Waals surface area contributed by atoms with E-state index in [4.69, 9.17) is 14.6 Å². The minimum Gasteiger partial charge on any atom is -0.496 e. The van der Waals surface area contributed by atoms with E-state index >= 15 is 0 Å². The lowest BCUT2D eigenvalue weighted by Crippen LogP contribution is -2.56. The molecule has 28 heavy (non-hydrogen) atoms. The van der Waals surface area contributed by atoms with Crippen LogP contribution in [-0.2, 0) is 17.8 Å². The lowest BCUT2D eigenvalue weighted by atomic mass is 9.85. The van der Waals surface area contributed by atoms with Crippen molar-refractivity contribution >= 4 is 12.0 Å². The molecule has 1 atom stereocenters. The number of likely N-dealkylation sites (N-methyl/N-ethyl adjacent to an activating group) is 1. The molecule has 1 saturated carbocycles. The van der Waals surface area contributed by atoms with Crippen LogP contribution >= 0.6 is 0 Å². The van der Waals surface area contributed by atoms with E-state index in [9.17, 15) is 9.59 Å². The monoisotopic (exact) mass is 391 g/mol. The molecular formula is C20H29N3O5. The molecule has 3 N–H and O–H groups in total. The highest BCUT2D eigenvalue weighted by Gasteiger charge is 2.34. The van der Waals surface area contributed by atoms with E-state index in [2.05, 4.69) is 10.6 Å². The van der Waals surface area contributed by atoms with E-state index in [0.29, 0.717) is 13.1 Å². The van der Waals surface area contributed by atoms with Gasteiger partial charge in [0.25, 0.3) is 0 Å². The van der Waals surface area contributed by atoms with Crippen LogP contribution in [0.1, 0.15) is 37.8 Å². The summed E-state index contributed by atoms with van der Waals surface area (Å²) in [7, 11) is 1.62. The van der Waals surface area contributed by atoms with Crippen LogP contribution in [0.5, 0.6) is 11.5 Å². The number of benzene rings is 1. The number of carbonyl (C=O) groups is 2. The third kappa shape index (κ3) is 4.67. The Hall–Kier alpha value is -2.48. The fraction of sp³-hybridized carbons (Fsp3) is 0.600. The van der Waals surface area contributed by atoms with Crippen LogP contribution in [0.3, 0.4) is 0 Å². The number of hydrogen-bond donors (Lipinski definition) is 3. The summed E-state index contributed by atoms with van der Waals surface area (Å²) in [5.74, 6) is 0.774. The predicted octanol–water partition coefficient (Wildman–Crippen LogP) is 1.76. The second-order valence-corrected chi connectivity index (χ2v) is 7.51. The molecule has 1 aliphatic heterocycles. The van der Waals surface area contributed by atoms with Gasteiger partial charge in [-0.3, -0.25) is 9.69 Å². The first-order valence-electron chi connectivity index (χ1n) is 9.76. The summed E-state index contributed by atoms with van der Waals surface area (Å²) in [6, 6.07) is 3.96. The van der Waals surface area contributed by atoms with Crippen molar-refractivity contribution in [3.63, 3.8) is 0 Å². The van der Waals surface area contributed by atoms with E-state index in [1.807, 2.05) is 30.9 Å². The number of nitrogens with one attached hydrogen (secondary N) is 2. The summed E-state index contributed by atoms with van der Waals surface area (Å²) in [4.78, 5) is 25.0. The predicted molar refractivity (Wildman–Crippen MR) is 104 cm³/mol. The van der Waals surface area contributed by atoms with Gasteiger partial charge in [-0.15, -0.1) is 0 Å². The van der Waals surface area contributed by atoms with E-state index in [1.54, 1.807) is 7.11 Å². The Kier molecular flexibility index (Phi) is 6.28. The second-order valence-electron chi connectivity index (χ2n) is 7.51. The van der Waals surface area contributed by atoms with Gasteiger partial charge in [0, 0.05) is 36.2 Å². The van der Waals surface area contributed by atoms with Gasteiger partial charge < -0.3 is 25.2 Å². The van der Waals surface area contributed by atoms with Gasteiger partial charge in [0.2, 0.25) is 0 Å². The van der Waals surface area contributed by atoms with Gasteiger partial charge in [0.15, 0.2) is 0 Å². The number of carboxylic acid groups (broad SMARTS) is 1. The SMILES string of the molecule is CCN(CC(=O)O)C1CC(NC(=O)NCc2cc3c(cc2OC)CC(C)O3)C1. The van der Waals surface area contributed by atoms with Crippen molar-refractivity contribution in [3.8, 4) is 11.5 Å². The molecule has 0 radical (unpaired) electrons. The van der Waals surface area contributed by atoms with Crippen molar-refractivity contribution in [2.24, 2.45) is 0 Å². The molecule has 8 heteroatoms. The Morgan fingerprint density at radius 2 is 2.11 bits per heavy atom. The summed E-state index contributed by atoms with van der Waals surface area (Å²) >= 11 is 0. The molecule has 2 amide bonds. The third-order valence-corrected chi connectivity index (χ3v) is 5.45. The van der Waals surface area contributed by atoms with E-state index in [0.717, 1.165) is 41.9 Å². The number of methoxy groups -OCH3 is 1. The number of urea groups is 1. The van der Waals surface area contributed by atoms with Crippen molar-refractivity contribution < 1.29 is 24.2 Å². The zero-order valence-corrected chi connectivity index (χ0v) is 16.7. The highest BCUT2D eigenvalue weighted by atomic mass is 16.5. The first kappa shape index (κ1) is 20.3. The average molecular weight is 391 g/mol. The molecule has 0 bridgehead atoms. The summed E-state index contributed by atoms with van der Waals surface area (Å²) in [5.41, 5.74) is 2.00. The normalized spacial score (nSPS) is 22.8. The molecule has 1 fully saturated rings. The lowest BCUT2D eigenvalue weighted by Gasteiger charge is -2.42. The molecule has 154 valence electrons. The second kappa shape index (κ2) is 8.68. The van der Waals surface area contributed by atoms with Gasteiger partial charge in [-0.2, -0.15) is 0 Å². The molecule has 0 aromatic heterocycles. The molecule has 2 aliphatic rings. The Morgan fingerprint density at radius 3 is 2.75 bits per heavy atom. The van der Waals surface area contributed by atoms with Crippen molar-refractivity contribution in [2.75, 3.05) is 20.2 Å². The molecule has 3 rings (SSSR count). The van der Waals surface area contributed by atoms with Crippen LogP contribution in [0.15, 0.2) is 12.1 Å². The maximum Gasteiger partial charge on any atom is 0.317 e. The maximum absolute atomic E-state index is 12.2. The Balaban J connectivity index is 1.47. The smallest absolute Gasteiger partial charge is 0.317 e. The summed E-state index contributed by atoms with van der Waals surface area (Å²) in [6.45, 7) is 5.05. The minimum absolute atomic E-state index is 0.0406. The average Bonchev–Trinajstić information content (AvgIpc) is 2.98. The molecule has 0 spiro atoms. The highest BCUT2D eigenvalue weighted by Crippen LogP contribution is 2.35. The number of nitrogens with zero attached hydrogens (tertiary/aromatic N) is 1. The summed E-state index contributed by atoms with van der Waals surface area (Å²) < 4.78 is 11.2. The van der Waals surface area contributed by atoms with Gasteiger partial charge >= 0.3 is 12.0 Å². The summed E-state index contributed by atoms with van der Waals surface area (Å²) in [6.07, 6.45) is 2.55. The number of amides is 2. The quantitative estimate of drug-likeness (QED) is 0.624. The van der Waals surface area contributed by atoms with Gasteiger partial charge in [-0.05, 0) is 38.4 Å². The third-order valence-electron chi connectivity index (χ3n) is 5.45. The zero-order valence-electron chi connectivity index (χ0n) is 16.7. The number of carbonyl (C=O) groups excluding carboxylic acids is 1. The van der Waals surface area contributed by atoms with E-state index in [1.165, 1.54) is 0 Å². The van der Waals surface area contributed by atoms with Crippen molar-refractivity contribution in [1.82, 2.24) is 15.5 Å². The fourth-order valence-electron chi connectivity index (χ4n) is 3.90. The standard InChI is InChI=1S/C20H29N3O5/c1-4-23(11-19(24)25)16-8-15(9-16)22-20(26)21-10-14-7-18-13(5-12(2)28-18)6-17(14)27-3/h6-7,12,15-16H,4-5,8-11H2,1-3H3,(H,24,25)(H2,21,22,26). The topological polar surface area (TPSA) is 100 Å². The first-order valence-corrected chi connectivity index (χ1v) is 9.76. The lowest BCUT2D eigenvalue weighted by molar-refractivity contribution is -0.139. The van der Waals surface area contributed by atoms with Gasteiger partial charge in [0.1, 0.15) is 17.6 Å². The number of carboxylic acids is 1. The maximum atomic E-state index is 12.2. The number of hydrogen-bond acceptors (Lipinski definition) is 5. The highest BCUT2D eigenvalue weighted by molar-refractivity contribution is 5.74. The number of ether oxygens (including phenoxy) is 2. The van der Waals surface area contributed by atoms with Crippen LogP contribution in [0.4, 0.5) is 4.79 Å². The van der Waals surface area contributed by atoms with Gasteiger partial charge in [0.05, 0.1) is 13.7 Å². The zero-order chi connectivity index (χ0) is 20.3. The van der Waals surface area contributed by atoms with Gasteiger partial charge in [-0.25, -0.2) is 4.79 Å². The fourth-order valence-corrected chi connectivity index (χ4v) is 3.90. The van der Waals surface area contributed by atoms with Crippen LogP contribution < -0.4 is 20.1 Å². The summed E-state index contributed by atoms with van der Waals surface area (Å²) in [5, 5.41) is 14.8. The Morgan fingerprint density at radius 1 is 1.36 bits per heavy atom. The van der Waals surface area contributed by atoms with Crippen molar-refractivity contribution in [3.05, 3.63) is 23.3 Å². The van der Waals surface area contributed by atoms with Crippen LogP contribution in [0, 0.1) is 0 Å². The van der Waals surface area contributed by atoms with Crippen molar-refractivity contribution in [1.29, 1.82) is 0 Å². The molecular weight excluding hydrogens is 362 g/mol. The number of aliphatic carboxylic acids is 1. The minimum atomic E-state index is -0.822. The van der Waals surface area contributed by atoms with Crippen LogP contribution in [0.2, 0.25) is 0 Å². The number of rotatable bonds is 8. The largest absolute Gasteiger partial charge is 0.496 e. The van der Waals surface area contributed by atoms with Crippen LogP contribution in [0.25, 0.3) is 0 Å². The molecule has 1 heterocycles. The first-order chi connectivity index (χ1) is 13.4. The molecule has 0 saturated heterocycles. The molecule has 1 aliphatic carbocycles. The Bertz CT molecular complexity index is 733. The van der Waals surface area contributed by atoms with Crippen LogP contribution in [-0.4, -0.2) is 60.4 Å². The van der Waals surface area contributed by atoms with E-state index < -0.39 is 5.97 Å². The number of fused-ring (bicyclic) bond motifs is 1. The van der Waals surface area contributed by atoms with Gasteiger partial charge in [-0.1, -0.05) is 6.92 Å².